The van der Waals surface area contributed by atoms with Gasteiger partial charge in [0.1, 0.15) is 12.4 Å². The third-order valence-electron chi connectivity index (χ3n) is 3.19. The molecule has 0 aliphatic carbocycles. The van der Waals surface area contributed by atoms with Crippen LogP contribution in [0.5, 0.6) is 5.75 Å². The van der Waals surface area contributed by atoms with Gasteiger partial charge in [0.15, 0.2) is 0 Å². The second-order valence-electron chi connectivity index (χ2n) is 4.43. The van der Waals surface area contributed by atoms with Crippen LogP contribution in [0.25, 0.3) is 0 Å². The lowest BCUT2D eigenvalue weighted by Crippen LogP contribution is -2.46. The zero-order chi connectivity index (χ0) is 13.7. The first-order valence-electron chi connectivity index (χ1n) is 6.36. The number of aliphatic hydroxyl groups excluding tert-OH is 2. The van der Waals surface area contributed by atoms with Crippen molar-refractivity contribution in [3.63, 3.8) is 0 Å². The van der Waals surface area contributed by atoms with E-state index in [1.165, 1.54) is 0 Å². The summed E-state index contributed by atoms with van der Waals surface area (Å²) in [4.78, 5) is 4.19. The van der Waals surface area contributed by atoms with Crippen molar-refractivity contribution in [2.45, 2.75) is 0 Å². The zero-order valence-electron chi connectivity index (χ0n) is 10.8. The van der Waals surface area contributed by atoms with E-state index in [2.05, 4.69) is 4.90 Å². The quantitative estimate of drug-likeness (QED) is 0.838. The van der Waals surface area contributed by atoms with Gasteiger partial charge in [-0.05, 0) is 12.1 Å². The Kier molecular flexibility index (Phi) is 5.27. The molecule has 0 unspecified atom stereocenters. The van der Waals surface area contributed by atoms with Crippen molar-refractivity contribution in [3.8, 4) is 5.75 Å². The highest BCUT2D eigenvalue weighted by molar-refractivity contribution is 6.33. The number of ether oxygens (including phenoxy) is 1. The summed E-state index contributed by atoms with van der Waals surface area (Å²) in [6.07, 6.45) is 0. The fraction of sp³-hybridized carbons (Fsp3) is 0.538. The van der Waals surface area contributed by atoms with E-state index in [9.17, 15) is 0 Å². The van der Waals surface area contributed by atoms with E-state index in [4.69, 9.17) is 26.6 Å². The largest absolute Gasteiger partial charge is 0.491 e. The molecule has 0 radical (unpaired) electrons. The number of aliphatic hydroxyl groups is 2. The molecule has 0 aromatic heterocycles. The molecule has 19 heavy (non-hydrogen) atoms. The van der Waals surface area contributed by atoms with Crippen LogP contribution in [-0.4, -0.2) is 61.2 Å². The monoisotopic (exact) mass is 286 g/mol. The Morgan fingerprint density at radius 1 is 1.16 bits per heavy atom. The number of piperazine rings is 1. The van der Waals surface area contributed by atoms with E-state index in [0.29, 0.717) is 10.8 Å². The summed E-state index contributed by atoms with van der Waals surface area (Å²) in [5.41, 5.74) is 0.982. The van der Waals surface area contributed by atoms with Crippen LogP contribution in [0.2, 0.25) is 5.02 Å². The third kappa shape index (κ3) is 3.73. The maximum Gasteiger partial charge on any atom is 0.121 e. The molecule has 6 heteroatoms. The first kappa shape index (κ1) is 14.4. The van der Waals surface area contributed by atoms with Crippen LogP contribution in [-0.2, 0) is 0 Å². The van der Waals surface area contributed by atoms with Crippen molar-refractivity contribution in [3.05, 3.63) is 23.2 Å². The number of halogens is 1. The smallest absolute Gasteiger partial charge is 0.121 e. The number of nitrogens with zero attached hydrogens (tertiary/aromatic N) is 2. The average molecular weight is 287 g/mol. The highest BCUT2D eigenvalue weighted by atomic mass is 35.5. The van der Waals surface area contributed by atoms with Crippen LogP contribution in [0, 0.1) is 0 Å². The minimum atomic E-state index is -0.0114. The Bertz CT molecular complexity index is 409. The molecule has 1 aliphatic rings. The number of hydrogen-bond donors (Lipinski definition) is 2. The summed E-state index contributed by atoms with van der Waals surface area (Å²) in [5, 5.41) is 18.4. The second kappa shape index (κ2) is 6.96. The van der Waals surface area contributed by atoms with Gasteiger partial charge in [0.05, 0.1) is 24.0 Å². The Hall–Kier alpha value is -1.01. The van der Waals surface area contributed by atoms with Crippen LogP contribution in [0.15, 0.2) is 18.2 Å². The molecule has 1 aromatic rings. The van der Waals surface area contributed by atoms with E-state index in [0.717, 1.165) is 31.9 Å². The summed E-state index contributed by atoms with van der Waals surface area (Å²) in [7, 11) is 0. The summed E-state index contributed by atoms with van der Waals surface area (Å²) in [5.74, 6) is 0.664. The van der Waals surface area contributed by atoms with Crippen LogP contribution >= 0.6 is 11.6 Å². The van der Waals surface area contributed by atoms with Gasteiger partial charge in [-0.2, -0.15) is 0 Å². The molecule has 1 heterocycles. The lowest BCUT2D eigenvalue weighted by Gasteiger charge is -2.35. The molecule has 2 rings (SSSR count). The molecule has 5 nitrogen and oxygen atoms in total. The number of rotatable bonds is 5. The van der Waals surface area contributed by atoms with Gasteiger partial charge >= 0.3 is 0 Å². The highest BCUT2D eigenvalue weighted by Crippen LogP contribution is 2.30. The molecule has 0 atom stereocenters. The Labute approximate surface area is 118 Å². The van der Waals surface area contributed by atoms with Gasteiger partial charge in [0.2, 0.25) is 0 Å². The number of anilines is 1. The molecule has 106 valence electrons. The van der Waals surface area contributed by atoms with Gasteiger partial charge in [-0.1, -0.05) is 11.6 Å². The predicted octanol–water partition coefficient (Wildman–Crippen LogP) is 0.783. The second-order valence-corrected chi connectivity index (χ2v) is 4.84. The molecule has 1 saturated heterocycles. The minimum absolute atomic E-state index is 0.0114. The SMILES string of the molecule is OCCOc1ccc(N2CCN(CO)CC2)c(Cl)c1. The first-order chi connectivity index (χ1) is 9.24. The summed E-state index contributed by atoms with van der Waals surface area (Å²) < 4.78 is 5.32. The van der Waals surface area contributed by atoms with Crippen molar-refractivity contribution in [2.24, 2.45) is 0 Å². The van der Waals surface area contributed by atoms with Gasteiger partial charge < -0.3 is 19.8 Å². The predicted molar refractivity (Wildman–Crippen MR) is 74.9 cm³/mol. The van der Waals surface area contributed by atoms with Gasteiger partial charge in [-0.15, -0.1) is 0 Å². The highest BCUT2D eigenvalue weighted by Gasteiger charge is 2.18. The van der Waals surface area contributed by atoms with Crippen molar-refractivity contribution >= 4 is 17.3 Å². The van der Waals surface area contributed by atoms with Gasteiger partial charge in [-0.25, -0.2) is 0 Å². The van der Waals surface area contributed by atoms with Gasteiger partial charge in [0, 0.05) is 32.2 Å². The topological polar surface area (TPSA) is 56.2 Å². The minimum Gasteiger partial charge on any atom is -0.491 e. The normalized spacial score (nSPS) is 16.7. The maximum absolute atomic E-state index is 9.07. The van der Waals surface area contributed by atoms with Crippen molar-refractivity contribution in [1.82, 2.24) is 4.90 Å². The summed E-state index contributed by atoms with van der Waals surface area (Å²) in [6, 6.07) is 5.56. The van der Waals surface area contributed by atoms with Crippen molar-refractivity contribution < 1.29 is 14.9 Å². The molecular formula is C13H19ClN2O3. The molecule has 0 amide bonds. The van der Waals surface area contributed by atoms with Crippen LogP contribution < -0.4 is 9.64 Å². The summed E-state index contributed by atoms with van der Waals surface area (Å²) >= 11 is 6.26. The number of benzene rings is 1. The molecule has 1 aliphatic heterocycles. The van der Waals surface area contributed by atoms with Crippen LogP contribution in [0.4, 0.5) is 5.69 Å². The molecule has 0 saturated carbocycles. The van der Waals surface area contributed by atoms with E-state index in [1.54, 1.807) is 6.07 Å². The molecule has 1 aromatic carbocycles. The molecule has 0 bridgehead atoms. The Balaban J connectivity index is 2.01. The molecule has 1 fully saturated rings. The van der Waals surface area contributed by atoms with Gasteiger partial charge in [0.25, 0.3) is 0 Å². The third-order valence-corrected chi connectivity index (χ3v) is 3.49. The van der Waals surface area contributed by atoms with Crippen LogP contribution in [0.3, 0.4) is 0 Å². The maximum atomic E-state index is 9.07. The first-order valence-corrected chi connectivity index (χ1v) is 6.73. The van der Waals surface area contributed by atoms with E-state index in [-0.39, 0.29) is 19.9 Å². The van der Waals surface area contributed by atoms with Crippen molar-refractivity contribution in [2.75, 3.05) is 51.0 Å². The Morgan fingerprint density at radius 2 is 1.89 bits per heavy atom. The fourth-order valence-electron chi connectivity index (χ4n) is 2.13. The van der Waals surface area contributed by atoms with Gasteiger partial charge in [-0.3, -0.25) is 4.90 Å². The van der Waals surface area contributed by atoms with Crippen LogP contribution in [0.1, 0.15) is 0 Å². The number of hydrogen-bond acceptors (Lipinski definition) is 5. The molecule has 0 spiro atoms. The molecule has 2 N–H and O–H groups in total. The van der Waals surface area contributed by atoms with E-state index in [1.807, 2.05) is 17.0 Å². The summed E-state index contributed by atoms with van der Waals surface area (Å²) in [6.45, 7) is 3.71. The molecular weight excluding hydrogens is 268 g/mol. The van der Waals surface area contributed by atoms with E-state index < -0.39 is 0 Å². The standard InChI is InChI=1S/C13H19ClN2O3/c14-12-9-11(19-8-7-17)1-2-13(12)16-5-3-15(10-18)4-6-16/h1-2,9,17-18H,3-8,10H2. The lowest BCUT2D eigenvalue weighted by molar-refractivity contribution is 0.102. The average Bonchev–Trinajstić information content (AvgIpc) is 2.45. The lowest BCUT2D eigenvalue weighted by atomic mass is 10.2. The zero-order valence-corrected chi connectivity index (χ0v) is 11.5. The van der Waals surface area contributed by atoms with Crippen molar-refractivity contribution in [1.29, 1.82) is 0 Å². The Morgan fingerprint density at radius 3 is 2.47 bits per heavy atom. The fourth-order valence-corrected chi connectivity index (χ4v) is 2.42. The van der Waals surface area contributed by atoms with E-state index >= 15 is 0 Å².